The Morgan fingerprint density at radius 3 is 2.54 bits per heavy atom. The van der Waals surface area contributed by atoms with Crippen LogP contribution in [-0.4, -0.2) is 60.3 Å². The molecule has 0 atom stereocenters. The largest absolute Gasteiger partial charge is 0.444 e. The molecule has 1 aromatic heterocycles. The first kappa shape index (κ1) is 26.8. The lowest BCUT2D eigenvalue weighted by atomic mass is 10.0. The second-order valence-electron chi connectivity index (χ2n) is 9.84. The first-order valence-electron chi connectivity index (χ1n) is 11.4. The van der Waals surface area contributed by atoms with E-state index in [1.54, 1.807) is 27.8 Å². The van der Waals surface area contributed by atoms with E-state index in [-0.39, 0.29) is 28.1 Å². The number of halogens is 2. The van der Waals surface area contributed by atoms with Crippen LogP contribution in [0, 0.1) is 11.7 Å². The highest BCUT2D eigenvalue weighted by atomic mass is 35.5. The number of anilines is 1. The van der Waals surface area contributed by atoms with E-state index in [0.717, 1.165) is 6.07 Å². The molecule has 0 unspecified atom stereocenters. The third kappa shape index (κ3) is 6.03. The number of fused-ring (bicyclic) bond motifs is 1. The number of hydrogen-bond donors (Lipinski definition) is 2. The van der Waals surface area contributed by atoms with Gasteiger partial charge in [-0.25, -0.2) is 22.3 Å². The van der Waals surface area contributed by atoms with Gasteiger partial charge in [0.1, 0.15) is 17.1 Å². The zero-order valence-corrected chi connectivity index (χ0v) is 22.3. The lowest BCUT2D eigenvalue weighted by molar-refractivity contribution is -0.0000862. The van der Waals surface area contributed by atoms with Crippen molar-refractivity contribution in [1.29, 1.82) is 0 Å². The quantitative estimate of drug-likeness (QED) is 0.481. The van der Waals surface area contributed by atoms with Gasteiger partial charge in [-0.15, -0.1) is 0 Å². The van der Waals surface area contributed by atoms with Gasteiger partial charge in [-0.3, -0.25) is 9.48 Å². The van der Waals surface area contributed by atoms with E-state index in [2.05, 4.69) is 15.1 Å². The van der Waals surface area contributed by atoms with Gasteiger partial charge in [0, 0.05) is 43.7 Å². The minimum Gasteiger partial charge on any atom is -0.444 e. The van der Waals surface area contributed by atoms with Gasteiger partial charge < -0.3 is 15.0 Å². The maximum atomic E-state index is 13.4. The summed E-state index contributed by atoms with van der Waals surface area (Å²) in [6.45, 7) is 6.31. The number of amides is 2. The summed E-state index contributed by atoms with van der Waals surface area (Å²) in [6.07, 6.45) is -0.422. The van der Waals surface area contributed by atoms with E-state index in [4.69, 9.17) is 16.3 Å². The average molecular weight is 552 g/mol. The van der Waals surface area contributed by atoms with E-state index in [1.807, 2.05) is 0 Å². The van der Waals surface area contributed by atoms with Gasteiger partial charge in [-0.1, -0.05) is 11.6 Å². The molecule has 0 saturated carbocycles. The summed E-state index contributed by atoms with van der Waals surface area (Å²) in [6, 6.07) is 8.10. The lowest BCUT2D eigenvalue weighted by Crippen LogP contribution is -2.54. The van der Waals surface area contributed by atoms with Crippen LogP contribution in [0.25, 0.3) is 10.9 Å². The fourth-order valence-corrected chi connectivity index (χ4v) is 5.18. The van der Waals surface area contributed by atoms with Crippen molar-refractivity contribution < 1.29 is 27.1 Å². The third-order valence-electron chi connectivity index (χ3n) is 5.68. The Labute approximate surface area is 218 Å². The normalized spacial score (nSPS) is 14.5. The van der Waals surface area contributed by atoms with Gasteiger partial charge in [0.25, 0.3) is 5.91 Å². The van der Waals surface area contributed by atoms with Crippen LogP contribution in [0.1, 0.15) is 31.3 Å². The fraction of sp³-hybridized carbons (Fsp3) is 0.375. The highest BCUT2D eigenvalue weighted by molar-refractivity contribution is 7.89. The summed E-state index contributed by atoms with van der Waals surface area (Å²) < 4.78 is 48.4. The SMILES string of the molecule is Cn1nc2cc(S(=O)(=O)NCC3CN(C(=O)OC(C)(C)C)C3)ccc2c1C(=O)Nc1ccc(F)c(Cl)c1. The number of nitrogens with one attached hydrogen (secondary N) is 2. The van der Waals surface area contributed by atoms with Crippen molar-refractivity contribution in [3.63, 3.8) is 0 Å². The van der Waals surface area contributed by atoms with Crippen LogP contribution in [0.3, 0.4) is 0 Å². The van der Waals surface area contributed by atoms with Gasteiger partial charge in [-0.05, 0) is 57.2 Å². The summed E-state index contributed by atoms with van der Waals surface area (Å²) in [5, 5.41) is 7.24. The first-order chi connectivity index (χ1) is 17.2. The number of hydrogen-bond acceptors (Lipinski definition) is 6. The van der Waals surface area contributed by atoms with Crippen LogP contribution in [0.2, 0.25) is 5.02 Å². The molecule has 4 rings (SSSR count). The number of aryl methyl sites for hydroxylation is 1. The smallest absolute Gasteiger partial charge is 0.410 e. The van der Waals surface area contributed by atoms with Gasteiger partial charge in [0.05, 0.1) is 15.4 Å². The van der Waals surface area contributed by atoms with Crippen LogP contribution in [0.15, 0.2) is 41.3 Å². The van der Waals surface area contributed by atoms with Crippen molar-refractivity contribution in [3.8, 4) is 0 Å². The number of likely N-dealkylation sites (tertiary alicyclic amines) is 1. The number of benzene rings is 2. The molecule has 0 aliphatic carbocycles. The minimum atomic E-state index is -3.86. The highest BCUT2D eigenvalue weighted by Gasteiger charge is 2.34. The molecule has 37 heavy (non-hydrogen) atoms. The number of carbonyl (C=O) groups excluding carboxylic acids is 2. The zero-order chi connectivity index (χ0) is 27.1. The molecule has 2 heterocycles. The fourth-order valence-electron chi connectivity index (χ4n) is 3.87. The Kier molecular flexibility index (Phi) is 7.19. The second kappa shape index (κ2) is 9.92. The maximum Gasteiger partial charge on any atom is 0.410 e. The summed E-state index contributed by atoms with van der Waals surface area (Å²) in [4.78, 5) is 26.5. The van der Waals surface area contributed by atoms with Crippen LogP contribution in [0.4, 0.5) is 14.9 Å². The van der Waals surface area contributed by atoms with Crippen molar-refractivity contribution in [3.05, 3.63) is 52.9 Å². The summed E-state index contributed by atoms with van der Waals surface area (Å²) in [5.41, 5.74) is 0.218. The Morgan fingerprint density at radius 1 is 1.19 bits per heavy atom. The number of sulfonamides is 1. The lowest BCUT2D eigenvalue weighted by Gasteiger charge is -2.39. The number of aromatic nitrogens is 2. The molecule has 10 nitrogen and oxygen atoms in total. The first-order valence-corrected chi connectivity index (χ1v) is 13.3. The summed E-state index contributed by atoms with van der Waals surface area (Å²) in [7, 11) is -2.29. The van der Waals surface area contributed by atoms with Crippen LogP contribution < -0.4 is 10.0 Å². The number of nitrogens with zero attached hydrogens (tertiary/aromatic N) is 3. The van der Waals surface area contributed by atoms with E-state index in [9.17, 15) is 22.4 Å². The van der Waals surface area contributed by atoms with Crippen molar-refractivity contribution in [2.45, 2.75) is 31.3 Å². The van der Waals surface area contributed by atoms with Crippen LogP contribution >= 0.6 is 11.6 Å². The highest BCUT2D eigenvalue weighted by Crippen LogP contribution is 2.25. The van der Waals surface area contributed by atoms with E-state index < -0.39 is 33.4 Å². The van der Waals surface area contributed by atoms with E-state index in [0.29, 0.717) is 29.7 Å². The molecule has 0 bridgehead atoms. The maximum absolute atomic E-state index is 13.4. The van der Waals surface area contributed by atoms with Gasteiger partial charge in [0.15, 0.2) is 0 Å². The Hall–Kier alpha value is -3.22. The molecule has 3 aromatic rings. The van der Waals surface area contributed by atoms with Crippen LogP contribution in [0.5, 0.6) is 0 Å². The van der Waals surface area contributed by atoms with E-state index in [1.165, 1.54) is 39.9 Å². The van der Waals surface area contributed by atoms with Crippen LogP contribution in [-0.2, 0) is 21.8 Å². The summed E-state index contributed by atoms with van der Waals surface area (Å²) >= 11 is 5.78. The molecule has 1 aliphatic heterocycles. The number of rotatable bonds is 6. The molecule has 0 spiro atoms. The third-order valence-corrected chi connectivity index (χ3v) is 7.39. The molecular formula is C24H27ClFN5O5S. The topological polar surface area (TPSA) is 123 Å². The summed E-state index contributed by atoms with van der Waals surface area (Å²) in [5.74, 6) is -1.15. The Balaban J connectivity index is 1.42. The van der Waals surface area contributed by atoms with Gasteiger partial charge in [-0.2, -0.15) is 5.10 Å². The van der Waals surface area contributed by atoms with Crippen molar-refractivity contribution in [1.82, 2.24) is 19.4 Å². The molecule has 2 aromatic carbocycles. The molecule has 2 N–H and O–H groups in total. The second-order valence-corrected chi connectivity index (χ2v) is 12.0. The minimum absolute atomic E-state index is 0.00121. The molecule has 1 aliphatic rings. The molecule has 2 amide bonds. The molecule has 198 valence electrons. The number of carbonyl (C=O) groups is 2. The molecule has 0 radical (unpaired) electrons. The zero-order valence-electron chi connectivity index (χ0n) is 20.7. The molecule has 13 heteroatoms. The van der Waals surface area contributed by atoms with Gasteiger partial charge in [0.2, 0.25) is 10.0 Å². The molecule has 1 fully saturated rings. The van der Waals surface area contributed by atoms with Crippen molar-refractivity contribution in [2.75, 3.05) is 25.0 Å². The molecular weight excluding hydrogens is 525 g/mol. The predicted molar refractivity (Wildman–Crippen MR) is 137 cm³/mol. The van der Waals surface area contributed by atoms with E-state index >= 15 is 0 Å². The van der Waals surface area contributed by atoms with Crippen molar-refractivity contribution >= 4 is 50.2 Å². The van der Waals surface area contributed by atoms with Crippen molar-refractivity contribution in [2.24, 2.45) is 13.0 Å². The van der Waals surface area contributed by atoms with Gasteiger partial charge >= 0.3 is 6.09 Å². The molecule has 1 saturated heterocycles. The average Bonchev–Trinajstić information content (AvgIpc) is 3.08. The Morgan fingerprint density at radius 2 is 1.89 bits per heavy atom. The monoisotopic (exact) mass is 551 g/mol. The standard InChI is InChI=1S/C24H27ClFN5O5S/c1-24(2,3)36-23(33)31-12-14(13-31)11-27-37(34,35)16-6-7-17-20(10-16)29-30(4)21(17)22(32)28-15-5-8-19(26)18(25)9-15/h5-10,14,27H,11-13H2,1-4H3,(H,28,32). The number of ether oxygens (including phenoxy) is 1. The predicted octanol–water partition coefficient (Wildman–Crippen LogP) is 3.76. The Bertz CT molecular complexity index is 1480.